The van der Waals surface area contributed by atoms with Crippen molar-refractivity contribution in [1.29, 1.82) is 0 Å². The molecule has 1 aromatic heterocycles. The average molecular weight is 169 g/mol. The Kier molecular flexibility index (Phi) is 2.37. The molecule has 0 spiro atoms. The quantitative estimate of drug-likeness (QED) is 0.413. The second-order valence-corrected chi connectivity index (χ2v) is 2.16. The van der Waals surface area contributed by atoms with E-state index in [2.05, 4.69) is 4.98 Å². The van der Waals surface area contributed by atoms with Crippen molar-refractivity contribution in [3.8, 4) is 5.75 Å². The molecule has 0 radical (unpaired) electrons. The molecule has 0 aliphatic carbocycles. The molecule has 5 nitrogen and oxygen atoms in total. The molecular weight excluding hydrogens is 162 g/mol. The monoisotopic (exact) mass is 169 g/mol. The smallest absolute Gasteiger partial charge is 0.180 e. The van der Waals surface area contributed by atoms with Crippen LogP contribution in [0.15, 0.2) is 12.3 Å². The number of aliphatic hydroxyl groups is 2. The Balaban J connectivity index is 3.10. The van der Waals surface area contributed by atoms with Crippen molar-refractivity contribution in [2.24, 2.45) is 0 Å². The fourth-order valence-electron chi connectivity index (χ4n) is 0.711. The summed E-state index contributed by atoms with van der Waals surface area (Å²) >= 11 is 0. The molecule has 1 rings (SSSR count). The number of aromatic hydroxyl groups is 1. The zero-order valence-electron chi connectivity index (χ0n) is 6.01. The molecule has 64 valence electrons. The molecule has 0 amide bonds. The van der Waals surface area contributed by atoms with Crippen LogP contribution < -0.4 is 0 Å². The van der Waals surface area contributed by atoms with E-state index in [0.29, 0.717) is 6.29 Å². The molecule has 0 bridgehead atoms. The lowest BCUT2D eigenvalue weighted by Crippen LogP contribution is -1.97. The number of pyridine rings is 1. The number of carbonyl (C=O) groups is 1. The van der Waals surface area contributed by atoms with Crippen LogP contribution in [0.2, 0.25) is 0 Å². The van der Waals surface area contributed by atoms with Gasteiger partial charge in [0.1, 0.15) is 11.4 Å². The number of hydrogen-bond donors (Lipinski definition) is 3. The average Bonchev–Trinajstić information content (AvgIpc) is 2.04. The van der Waals surface area contributed by atoms with Crippen molar-refractivity contribution in [3.05, 3.63) is 23.5 Å². The molecule has 0 unspecified atom stereocenters. The molecule has 0 atom stereocenters. The van der Waals surface area contributed by atoms with Crippen LogP contribution in [0.1, 0.15) is 22.3 Å². The van der Waals surface area contributed by atoms with Crippen LogP contribution >= 0.6 is 0 Å². The van der Waals surface area contributed by atoms with E-state index >= 15 is 0 Å². The Morgan fingerprint density at radius 2 is 2.17 bits per heavy atom. The Hall–Kier alpha value is -1.46. The van der Waals surface area contributed by atoms with E-state index in [-0.39, 0.29) is 17.0 Å². The maximum Gasteiger partial charge on any atom is 0.180 e. The molecule has 12 heavy (non-hydrogen) atoms. The highest BCUT2D eigenvalue weighted by Crippen LogP contribution is 2.17. The Morgan fingerprint density at radius 1 is 1.50 bits per heavy atom. The molecule has 5 heteroatoms. The van der Waals surface area contributed by atoms with Crippen LogP contribution in [-0.2, 0) is 0 Å². The standard InChI is InChI=1S/C7H7NO4/c9-3-5-6(10)1-4(2-8-5)7(11)12/h1-3,7,10-12H. The zero-order valence-corrected chi connectivity index (χ0v) is 6.01. The molecule has 0 aliphatic heterocycles. The van der Waals surface area contributed by atoms with Crippen molar-refractivity contribution >= 4 is 6.29 Å². The highest BCUT2D eigenvalue weighted by atomic mass is 16.5. The largest absolute Gasteiger partial charge is 0.506 e. The third-order valence-electron chi connectivity index (χ3n) is 1.33. The first-order valence-electron chi connectivity index (χ1n) is 3.15. The normalized spacial score (nSPS) is 10.2. The predicted octanol–water partition coefficient (Wildman–Crippen LogP) is -0.417. The first-order valence-corrected chi connectivity index (χ1v) is 3.15. The number of aliphatic hydroxyl groups excluding tert-OH is 1. The van der Waals surface area contributed by atoms with Gasteiger partial charge in [-0.25, -0.2) is 4.98 Å². The summed E-state index contributed by atoms with van der Waals surface area (Å²) in [5.41, 5.74) is -0.0856. The number of hydrogen-bond acceptors (Lipinski definition) is 5. The lowest BCUT2D eigenvalue weighted by molar-refractivity contribution is -0.0428. The fourth-order valence-corrected chi connectivity index (χ4v) is 0.711. The molecule has 3 N–H and O–H groups in total. The number of carbonyl (C=O) groups excluding carboxylic acids is 1. The van der Waals surface area contributed by atoms with Crippen LogP contribution in [-0.4, -0.2) is 26.6 Å². The van der Waals surface area contributed by atoms with Crippen molar-refractivity contribution in [2.45, 2.75) is 6.29 Å². The summed E-state index contributed by atoms with van der Waals surface area (Å²) in [7, 11) is 0. The van der Waals surface area contributed by atoms with Gasteiger partial charge >= 0.3 is 0 Å². The molecule has 0 aliphatic rings. The predicted molar refractivity (Wildman–Crippen MR) is 38.5 cm³/mol. The fraction of sp³-hybridized carbons (Fsp3) is 0.143. The highest BCUT2D eigenvalue weighted by Gasteiger charge is 2.07. The molecule has 0 saturated carbocycles. The highest BCUT2D eigenvalue weighted by molar-refractivity contribution is 5.75. The molecule has 0 saturated heterocycles. The van der Waals surface area contributed by atoms with Gasteiger partial charge in [0.15, 0.2) is 12.6 Å². The summed E-state index contributed by atoms with van der Waals surface area (Å²) in [6, 6.07) is 1.07. The second-order valence-electron chi connectivity index (χ2n) is 2.16. The third kappa shape index (κ3) is 1.58. The van der Waals surface area contributed by atoms with E-state index in [1.54, 1.807) is 0 Å². The van der Waals surface area contributed by atoms with Crippen molar-refractivity contribution in [2.75, 3.05) is 0 Å². The van der Waals surface area contributed by atoms with Crippen LogP contribution in [0.3, 0.4) is 0 Å². The molecule has 0 aromatic carbocycles. The van der Waals surface area contributed by atoms with E-state index < -0.39 is 6.29 Å². The van der Waals surface area contributed by atoms with Crippen LogP contribution in [0, 0.1) is 0 Å². The Labute approximate surface area is 67.9 Å². The number of rotatable bonds is 2. The molecule has 1 aromatic rings. The Morgan fingerprint density at radius 3 is 2.58 bits per heavy atom. The lowest BCUT2D eigenvalue weighted by atomic mass is 10.2. The zero-order chi connectivity index (χ0) is 9.14. The van der Waals surface area contributed by atoms with Gasteiger partial charge in [-0.3, -0.25) is 4.79 Å². The maximum atomic E-state index is 10.2. The minimum atomic E-state index is -1.69. The third-order valence-corrected chi connectivity index (χ3v) is 1.33. The minimum Gasteiger partial charge on any atom is -0.506 e. The second kappa shape index (κ2) is 3.29. The summed E-state index contributed by atoms with van der Waals surface area (Å²) < 4.78 is 0. The SMILES string of the molecule is O=Cc1ncc(C(O)O)cc1O. The maximum absolute atomic E-state index is 10.2. The summed E-state index contributed by atoms with van der Waals surface area (Å²) in [6.07, 6.45) is -0.208. The van der Waals surface area contributed by atoms with Gasteiger partial charge in [0, 0.05) is 11.8 Å². The van der Waals surface area contributed by atoms with Gasteiger partial charge in [-0.05, 0) is 6.07 Å². The molecular formula is C7H7NO4. The first-order chi connectivity index (χ1) is 5.65. The minimum absolute atomic E-state index is 0.0399. The summed E-state index contributed by atoms with van der Waals surface area (Å²) in [5, 5.41) is 26.3. The van der Waals surface area contributed by atoms with Crippen LogP contribution in [0.5, 0.6) is 5.75 Å². The van der Waals surface area contributed by atoms with Gasteiger partial charge in [-0.15, -0.1) is 0 Å². The molecule has 1 heterocycles. The summed E-state index contributed by atoms with van der Waals surface area (Å²) in [6.45, 7) is 0. The first kappa shape index (κ1) is 8.63. The van der Waals surface area contributed by atoms with Gasteiger partial charge < -0.3 is 15.3 Å². The van der Waals surface area contributed by atoms with Gasteiger partial charge in [-0.2, -0.15) is 0 Å². The van der Waals surface area contributed by atoms with E-state index in [1.165, 1.54) is 0 Å². The van der Waals surface area contributed by atoms with Crippen LogP contribution in [0.4, 0.5) is 0 Å². The molecule has 0 fully saturated rings. The van der Waals surface area contributed by atoms with E-state index in [9.17, 15) is 4.79 Å². The number of aldehydes is 1. The van der Waals surface area contributed by atoms with Crippen molar-refractivity contribution in [3.63, 3.8) is 0 Å². The van der Waals surface area contributed by atoms with Gasteiger partial charge in [0.2, 0.25) is 0 Å². The van der Waals surface area contributed by atoms with E-state index in [0.717, 1.165) is 12.3 Å². The van der Waals surface area contributed by atoms with Crippen molar-refractivity contribution < 1.29 is 20.1 Å². The van der Waals surface area contributed by atoms with Gasteiger partial charge in [0.25, 0.3) is 0 Å². The lowest BCUT2D eigenvalue weighted by Gasteiger charge is -2.03. The van der Waals surface area contributed by atoms with Crippen molar-refractivity contribution in [1.82, 2.24) is 4.98 Å². The van der Waals surface area contributed by atoms with Gasteiger partial charge in [0.05, 0.1) is 0 Å². The topological polar surface area (TPSA) is 90.7 Å². The number of nitrogens with zero attached hydrogens (tertiary/aromatic N) is 1. The summed E-state index contributed by atoms with van der Waals surface area (Å²) in [4.78, 5) is 13.6. The van der Waals surface area contributed by atoms with E-state index in [1.807, 2.05) is 0 Å². The van der Waals surface area contributed by atoms with Crippen LogP contribution in [0.25, 0.3) is 0 Å². The number of aromatic nitrogens is 1. The summed E-state index contributed by atoms with van der Waals surface area (Å²) in [5.74, 6) is -0.365. The van der Waals surface area contributed by atoms with Gasteiger partial charge in [-0.1, -0.05) is 0 Å². The van der Waals surface area contributed by atoms with E-state index in [4.69, 9.17) is 15.3 Å². The Bertz CT molecular complexity index is 297.